The number of amides is 2. The number of nitrogens with zero attached hydrogens (tertiary/aromatic N) is 3. The monoisotopic (exact) mass is 604 g/mol. The first-order valence-electron chi connectivity index (χ1n) is 12.9. The Kier molecular flexibility index (Phi) is 7.63. The molecular weight excluding hydrogens is 582 g/mol. The minimum absolute atomic E-state index is 0.0407. The highest BCUT2D eigenvalue weighted by molar-refractivity contribution is 5.97. The van der Waals surface area contributed by atoms with E-state index in [0.29, 0.717) is 12.1 Å². The number of nitro groups is 1. The van der Waals surface area contributed by atoms with E-state index in [9.17, 15) is 46.0 Å². The van der Waals surface area contributed by atoms with Crippen LogP contribution in [0.15, 0.2) is 72.9 Å². The molecule has 43 heavy (non-hydrogen) atoms. The number of H-pyrrole nitrogens is 1. The predicted octanol–water partition coefficient (Wildman–Crippen LogP) is 6.32. The zero-order valence-corrected chi connectivity index (χ0v) is 22.1. The lowest BCUT2D eigenvalue weighted by Gasteiger charge is -2.41. The molecule has 1 N–H and O–H groups in total. The van der Waals surface area contributed by atoms with Gasteiger partial charge in [0, 0.05) is 60.0 Å². The van der Waals surface area contributed by atoms with Crippen LogP contribution in [0.25, 0.3) is 10.9 Å². The molecule has 0 saturated carbocycles. The summed E-state index contributed by atoms with van der Waals surface area (Å²) in [6.07, 6.45) is -8.44. The molecule has 8 nitrogen and oxygen atoms in total. The van der Waals surface area contributed by atoms with E-state index in [1.807, 2.05) is 12.1 Å². The largest absolute Gasteiger partial charge is 0.416 e. The average Bonchev–Trinajstić information content (AvgIpc) is 3.38. The van der Waals surface area contributed by atoms with Crippen LogP contribution in [0.2, 0.25) is 0 Å². The summed E-state index contributed by atoms with van der Waals surface area (Å²) >= 11 is 0. The summed E-state index contributed by atoms with van der Waals surface area (Å²) in [5, 5.41) is 11.8. The Labute approximate surface area is 239 Å². The number of carbonyl (C=O) groups is 2. The van der Waals surface area contributed by atoms with Crippen LogP contribution in [0.4, 0.5) is 32.0 Å². The van der Waals surface area contributed by atoms with Gasteiger partial charge in [-0.2, -0.15) is 26.3 Å². The van der Waals surface area contributed by atoms with Gasteiger partial charge in [0.05, 0.1) is 22.1 Å². The third kappa shape index (κ3) is 6.17. The number of alkyl halides is 6. The Balaban J connectivity index is 1.49. The Morgan fingerprint density at radius 3 is 2.09 bits per heavy atom. The summed E-state index contributed by atoms with van der Waals surface area (Å²) < 4.78 is 81.1. The van der Waals surface area contributed by atoms with Gasteiger partial charge in [-0.25, -0.2) is 0 Å². The van der Waals surface area contributed by atoms with Crippen molar-refractivity contribution in [1.82, 2.24) is 14.8 Å². The SMILES string of the molecule is O=C(c1ccc([N+](=O)[O-])cc1)N1CCN(C(=O)c2cc(C(F)(F)F)cc(C(F)(F)F)c2)[C@H](Cc2c[nH]c3ccccc23)C1. The molecule has 224 valence electrons. The third-order valence-corrected chi connectivity index (χ3v) is 7.32. The Morgan fingerprint density at radius 2 is 1.49 bits per heavy atom. The molecule has 1 atom stereocenters. The first-order valence-corrected chi connectivity index (χ1v) is 12.9. The fourth-order valence-electron chi connectivity index (χ4n) is 5.19. The van der Waals surface area contributed by atoms with E-state index in [1.54, 1.807) is 18.3 Å². The summed E-state index contributed by atoms with van der Waals surface area (Å²) in [6.45, 7) is -0.342. The molecule has 1 saturated heterocycles. The molecule has 14 heteroatoms. The molecule has 1 aliphatic heterocycles. The van der Waals surface area contributed by atoms with Gasteiger partial charge in [-0.3, -0.25) is 19.7 Å². The van der Waals surface area contributed by atoms with E-state index >= 15 is 0 Å². The highest BCUT2D eigenvalue weighted by Crippen LogP contribution is 2.37. The minimum atomic E-state index is -5.13. The average molecular weight is 605 g/mol. The quantitative estimate of drug-likeness (QED) is 0.164. The van der Waals surface area contributed by atoms with Crippen molar-refractivity contribution in [2.24, 2.45) is 0 Å². The molecule has 1 aliphatic rings. The van der Waals surface area contributed by atoms with Crippen LogP contribution in [-0.4, -0.2) is 57.2 Å². The van der Waals surface area contributed by atoms with Crippen LogP contribution in [0.1, 0.15) is 37.4 Å². The number of rotatable bonds is 5. The van der Waals surface area contributed by atoms with Gasteiger partial charge in [0.15, 0.2) is 0 Å². The molecule has 2 amide bonds. The Bertz CT molecular complexity index is 1670. The van der Waals surface area contributed by atoms with Gasteiger partial charge in [0.25, 0.3) is 17.5 Å². The first-order chi connectivity index (χ1) is 20.2. The van der Waals surface area contributed by atoms with Gasteiger partial charge in [-0.1, -0.05) is 18.2 Å². The van der Waals surface area contributed by atoms with Crippen LogP contribution in [0.3, 0.4) is 0 Å². The number of nitro benzene ring substituents is 1. The van der Waals surface area contributed by atoms with Crippen LogP contribution in [0, 0.1) is 10.1 Å². The van der Waals surface area contributed by atoms with Crippen molar-refractivity contribution >= 4 is 28.4 Å². The Hall–Kier alpha value is -4.88. The second-order valence-electron chi connectivity index (χ2n) is 10.1. The topological polar surface area (TPSA) is 99.5 Å². The van der Waals surface area contributed by atoms with Gasteiger partial charge in [0.1, 0.15) is 0 Å². The number of carbonyl (C=O) groups excluding carboxylic acids is 2. The van der Waals surface area contributed by atoms with Crippen molar-refractivity contribution in [2.45, 2.75) is 24.8 Å². The molecule has 3 aromatic carbocycles. The lowest BCUT2D eigenvalue weighted by molar-refractivity contribution is -0.384. The number of fused-ring (bicyclic) bond motifs is 1. The van der Waals surface area contributed by atoms with E-state index in [1.165, 1.54) is 34.1 Å². The number of piperazine rings is 1. The van der Waals surface area contributed by atoms with Crippen molar-refractivity contribution in [1.29, 1.82) is 0 Å². The van der Waals surface area contributed by atoms with E-state index in [2.05, 4.69) is 4.98 Å². The fourth-order valence-corrected chi connectivity index (χ4v) is 5.19. The molecule has 4 aromatic rings. The van der Waals surface area contributed by atoms with Gasteiger partial charge >= 0.3 is 12.4 Å². The normalized spacial score (nSPS) is 16.0. The maximum Gasteiger partial charge on any atom is 0.416 e. The number of hydrogen-bond donors (Lipinski definition) is 1. The summed E-state index contributed by atoms with van der Waals surface area (Å²) in [6, 6.07) is 12.1. The van der Waals surface area contributed by atoms with E-state index in [4.69, 9.17) is 0 Å². The van der Waals surface area contributed by atoms with Crippen LogP contribution >= 0.6 is 0 Å². The van der Waals surface area contributed by atoms with E-state index in [-0.39, 0.29) is 43.4 Å². The lowest BCUT2D eigenvalue weighted by atomic mass is 9.98. The molecule has 0 bridgehead atoms. The molecule has 0 unspecified atom stereocenters. The maximum atomic E-state index is 13.6. The van der Waals surface area contributed by atoms with Crippen LogP contribution in [-0.2, 0) is 18.8 Å². The number of hydrogen-bond acceptors (Lipinski definition) is 4. The molecule has 0 spiro atoms. The summed E-state index contributed by atoms with van der Waals surface area (Å²) in [4.78, 5) is 43.0. The number of para-hydroxylation sites is 1. The standard InChI is InChI=1S/C29H22F6N4O4/c30-28(31,32)20-11-18(12-21(14-20)29(33,34)35)27(41)38-10-9-37(26(40)17-5-7-22(8-6-17)39(42)43)16-23(38)13-19-15-36-25-4-2-1-3-24(19)25/h1-8,11-12,14-15,23,36H,9-10,13,16H2/t23-/m1/s1. The van der Waals surface area contributed by atoms with Crippen molar-refractivity contribution in [3.8, 4) is 0 Å². The number of benzene rings is 3. The number of aromatic amines is 1. The smallest absolute Gasteiger partial charge is 0.361 e. The molecule has 2 heterocycles. The third-order valence-electron chi connectivity index (χ3n) is 7.32. The van der Waals surface area contributed by atoms with Gasteiger partial charge in [-0.15, -0.1) is 0 Å². The van der Waals surface area contributed by atoms with E-state index in [0.717, 1.165) is 16.5 Å². The predicted molar refractivity (Wildman–Crippen MR) is 142 cm³/mol. The maximum absolute atomic E-state index is 13.6. The zero-order chi connectivity index (χ0) is 31.1. The summed E-state index contributed by atoms with van der Waals surface area (Å²) in [5.41, 5.74) is -2.56. The van der Waals surface area contributed by atoms with Gasteiger partial charge in [0.2, 0.25) is 0 Å². The number of non-ortho nitro benzene ring substituents is 1. The second kappa shape index (κ2) is 11.1. The minimum Gasteiger partial charge on any atom is -0.361 e. The van der Waals surface area contributed by atoms with Crippen molar-refractivity contribution < 1.29 is 40.9 Å². The first kappa shape index (κ1) is 29.6. The van der Waals surface area contributed by atoms with Crippen LogP contribution < -0.4 is 0 Å². The molecule has 0 radical (unpaired) electrons. The summed E-state index contributed by atoms with van der Waals surface area (Å²) in [5.74, 6) is -1.53. The summed E-state index contributed by atoms with van der Waals surface area (Å²) in [7, 11) is 0. The number of halogens is 6. The molecule has 1 aromatic heterocycles. The Morgan fingerprint density at radius 1 is 0.860 bits per heavy atom. The van der Waals surface area contributed by atoms with Crippen molar-refractivity contribution in [2.75, 3.05) is 19.6 Å². The van der Waals surface area contributed by atoms with Gasteiger partial charge < -0.3 is 14.8 Å². The molecule has 5 rings (SSSR count). The number of aromatic nitrogens is 1. The number of nitrogens with one attached hydrogen (secondary N) is 1. The van der Waals surface area contributed by atoms with E-state index < -0.39 is 51.8 Å². The second-order valence-corrected chi connectivity index (χ2v) is 10.1. The molecular formula is C29H22F6N4O4. The molecule has 0 aliphatic carbocycles. The van der Waals surface area contributed by atoms with Gasteiger partial charge in [-0.05, 0) is 48.4 Å². The molecule has 1 fully saturated rings. The van der Waals surface area contributed by atoms with Crippen LogP contribution in [0.5, 0.6) is 0 Å². The van der Waals surface area contributed by atoms with Crippen molar-refractivity contribution in [3.05, 3.63) is 111 Å². The van der Waals surface area contributed by atoms with Crippen molar-refractivity contribution in [3.63, 3.8) is 0 Å². The highest BCUT2D eigenvalue weighted by Gasteiger charge is 2.39. The zero-order valence-electron chi connectivity index (χ0n) is 22.1. The lowest BCUT2D eigenvalue weighted by Crippen LogP contribution is -2.57. The fraction of sp³-hybridized carbons (Fsp3) is 0.241. The highest BCUT2D eigenvalue weighted by atomic mass is 19.4.